The number of imidazole rings is 1. The van der Waals surface area contributed by atoms with Gasteiger partial charge in [0.05, 0.1) is 12.4 Å². The van der Waals surface area contributed by atoms with Crippen LogP contribution in [0.4, 0.5) is 0 Å². The first-order valence-corrected chi connectivity index (χ1v) is 8.29. The fourth-order valence-electron chi connectivity index (χ4n) is 2.80. The molecule has 0 unspecified atom stereocenters. The number of piperidine rings is 1. The summed E-state index contributed by atoms with van der Waals surface area (Å²) in [6, 6.07) is 0.174. The van der Waals surface area contributed by atoms with Gasteiger partial charge in [-0.3, -0.25) is 4.79 Å². The molecule has 3 rings (SSSR count). The molecule has 1 fully saturated rings. The number of carbonyl (C=O) groups excluding carboxylic acids is 1. The maximum atomic E-state index is 12.6. The van der Waals surface area contributed by atoms with Crippen molar-refractivity contribution in [3.05, 3.63) is 34.8 Å². The fourth-order valence-corrected chi connectivity index (χ4v) is 3.74. The van der Waals surface area contributed by atoms with Crippen LogP contribution in [0.5, 0.6) is 0 Å². The number of likely N-dealkylation sites (tertiary alicyclic amines) is 1. The second kappa shape index (κ2) is 6.39. The number of rotatable bonds is 4. The van der Waals surface area contributed by atoms with Crippen LogP contribution in [0.15, 0.2) is 24.1 Å². The molecule has 5 nitrogen and oxygen atoms in total. The maximum absolute atomic E-state index is 12.6. The topological polar surface area (TPSA) is 51.0 Å². The molecule has 0 N–H and O–H groups in total. The number of hydrogen-bond acceptors (Lipinski definition) is 4. The highest BCUT2D eigenvalue weighted by molar-refractivity contribution is 7.09. The van der Waals surface area contributed by atoms with E-state index >= 15 is 0 Å². The van der Waals surface area contributed by atoms with Crippen molar-refractivity contribution in [1.82, 2.24) is 19.4 Å². The second-order valence-corrected chi connectivity index (χ2v) is 6.37. The highest BCUT2D eigenvalue weighted by Gasteiger charge is 2.29. The van der Waals surface area contributed by atoms with Gasteiger partial charge in [-0.25, -0.2) is 9.97 Å². The van der Waals surface area contributed by atoms with Gasteiger partial charge in [0.1, 0.15) is 5.01 Å². The first-order valence-electron chi connectivity index (χ1n) is 7.41. The van der Waals surface area contributed by atoms with E-state index in [1.807, 2.05) is 22.6 Å². The van der Waals surface area contributed by atoms with Gasteiger partial charge in [-0.05, 0) is 26.2 Å². The van der Waals surface area contributed by atoms with E-state index in [2.05, 4.69) is 15.3 Å². The van der Waals surface area contributed by atoms with Gasteiger partial charge in [-0.15, -0.1) is 11.3 Å². The molecule has 1 saturated heterocycles. The average molecular weight is 304 g/mol. The first-order chi connectivity index (χ1) is 10.2. The molecule has 0 bridgehead atoms. The number of nitrogens with zero attached hydrogens (tertiary/aromatic N) is 4. The summed E-state index contributed by atoms with van der Waals surface area (Å²) in [4.78, 5) is 23.2. The van der Waals surface area contributed by atoms with Crippen molar-refractivity contribution in [2.75, 3.05) is 6.54 Å². The van der Waals surface area contributed by atoms with Crippen LogP contribution >= 0.6 is 11.3 Å². The lowest BCUT2D eigenvalue weighted by Crippen LogP contribution is -2.38. The first kappa shape index (κ1) is 14.3. The predicted molar refractivity (Wildman–Crippen MR) is 82.0 cm³/mol. The summed E-state index contributed by atoms with van der Waals surface area (Å²) in [5, 5.41) is 3.15. The average Bonchev–Trinajstić information content (AvgIpc) is 3.16. The van der Waals surface area contributed by atoms with E-state index in [9.17, 15) is 4.79 Å². The quantitative estimate of drug-likeness (QED) is 0.872. The van der Waals surface area contributed by atoms with E-state index in [0.29, 0.717) is 13.0 Å². The molecular formula is C15H20N4OS. The number of amides is 1. The molecule has 0 spiro atoms. The van der Waals surface area contributed by atoms with Crippen LogP contribution in [0.1, 0.15) is 42.4 Å². The zero-order valence-electron chi connectivity index (χ0n) is 12.2. The summed E-state index contributed by atoms with van der Waals surface area (Å²) in [5.74, 6) is 0.223. The summed E-state index contributed by atoms with van der Waals surface area (Å²) >= 11 is 1.67. The van der Waals surface area contributed by atoms with Gasteiger partial charge in [-0.1, -0.05) is 0 Å². The standard InChI is InChI=1S/C15H20N4OS/c1-12-10-21-15(17-12)13-4-2-3-7-19(13)14(20)5-8-18-9-6-16-11-18/h6,9-11,13H,2-5,7-8H2,1H3/t13-/m0/s1. The second-order valence-electron chi connectivity index (χ2n) is 5.48. The van der Waals surface area contributed by atoms with Crippen molar-refractivity contribution in [3.63, 3.8) is 0 Å². The van der Waals surface area contributed by atoms with Crippen molar-refractivity contribution in [1.29, 1.82) is 0 Å². The monoisotopic (exact) mass is 304 g/mol. The fraction of sp³-hybridized carbons (Fsp3) is 0.533. The lowest BCUT2D eigenvalue weighted by atomic mass is 10.0. The van der Waals surface area contributed by atoms with E-state index in [4.69, 9.17) is 0 Å². The van der Waals surface area contributed by atoms with Crippen LogP contribution < -0.4 is 0 Å². The van der Waals surface area contributed by atoms with Crippen molar-refractivity contribution in [2.45, 2.75) is 45.2 Å². The van der Waals surface area contributed by atoms with Gasteiger partial charge in [0.2, 0.25) is 5.91 Å². The normalized spacial score (nSPS) is 18.9. The number of aromatic nitrogens is 3. The third kappa shape index (κ3) is 3.32. The molecule has 1 amide bonds. The molecule has 1 aliphatic heterocycles. The molecule has 0 saturated carbocycles. The predicted octanol–water partition coefficient (Wildman–Crippen LogP) is 2.79. The highest BCUT2D eigenvalue weighted by atomic mass is 32.1. The molecule has 6 heteroatoms. The molecule has 0 aliphatic carbocycles. The highest BCUT2D eigenvalue weighted by Crippen LogP contribution is 2.33. The molecule has 112 valence electrons. The molecule has 2 aromatic heterocycles. The Hall–Kier alpha value is -1.69. The molecular weight excluding hydrogens is 284 g/mol. The largest absolute Gasteiger partial charge is 0.337 e. The summed E-state index contributed by atoms with van der Waals surface area (Å²) in [6.45, 7) is 3.55. The minimum Gasteiger partial charge on any atom is -0.337 e. The van der Waals surface area contributed by atoms with Crippen molar-refractivity contribution in [2.24, 2.45) is 0 Å². The van der Waals surface area contributed by atoms with E-state index in [-0.39, 0.29) is 11.9 Å². The third-order valence-electron chi connectivity index (χ3n) is 3.89. The minimum absolute atomic E-state index is 0.174. The zero-order chi connectivity index (χ0) is 14.7. The Morgan fingerprint density at radius 1 is 1.48 bits per heavy atom. The van der Waals surface area contributed by atoms with Crippen LogP contribution in [0.3, 0.4) is 0 Å². The summed E-state index contributed by atoms with van der Waals surface area (Å²) in [5.41, 5.74) is 1.05. The number of carbonyl (C=O) groups is 1. The van der Waals surface area contributed by atoms with Crippen molar-refractivity contribution in [3.8, 4) is 0 Å². The van der Waals surface area contributed by atoms with Gasteiger partial charge in [0.15, 0.2) is 0 Å². The van der Waals surface area contributed by atoms with Gasteiger partial charge in [0.25, 0.3) is 0 Å². The summed E-state index contributed by atoms with van der Waals surface area (Å²) in [6.07, 6.45) is 9.22. The molecule has 3 heterocycles. The molecule has 0 radical (unpaired) electrons. The van der Waals surface area contributed by atoms with E-state index < -0.39 is 0 Å². The number of hydrogen-bond donors (Lipinski definition) is 0. The van der Waals surface area contributed by atoms with Gasteiger partial charge in [0, 0.05) is 43.0 Å². The van der Waals surface area contributed by atoms with Crippen molar-refractivity contribution >= 4 is 17.2 Å². The smallest absolute Gasteiger partial charge is 0.224 e. The molecule has 2 aromatic rings. The minimum atomic E-state index is 0.174. The molecule has 0 aromatic carbocycles. The Labute approximate surface area is 128 Å². The number of aryl methyl sites for hydroxylation is 2. The van der Waals surface area contributed by atoms with E-state index in [1.165, 1.54) is 6.42 Å². The van der Waals surface area contributed by atoms with Crippen LogP contribution in [-0.4, -0.2) is 31.9 Å². The Morgan fingerprint density at radius 3 is 3.10 bits per heavy atom. The Balaban J connectivity index is 1.67. The molecule has 1 atom stereocenters. The SMILES string of the molecule is Cc1csc([C@@H]2CCCCN2C(=O)CCn2ccnc2)n1. The zero-order valence-corrected chi connectivity index (χ0v) is 13.1. The number of thiazole rings is 1. The third-order valence-corrected chi connectivity index (χ3v) is 4.95. The van der Waals surface area contributed by atoms with Gasteiger partial charge in [-0.2, -0.15) is 0 Å². The van der Waals surface area contributed by atoms with Crippen LogP contribution in [0.25, 0.3) is 0 Å². The lowest BCUT2D eigenvalue weighted by Gasteiger charge is -2.34. The Bertz CT molecular complexity index is 593. The summed E-state index contributed by atoms with van der Waals surface area (Å²) in [7, 11) is 0. The summed E-state index contributed by atoms with van der Waals surface area (Å²) < 4.78 is 1.95. The van der Waals surface area contributed by atoms with E-state index in [1.54, 1.807) is 23.9 Å². The lowest BCUT2D eigenvalue weighted by molar-refractivity contribution is -0.135. The van der Waals surface area contributed by atoms with Gasteiger partial charge >= 0.3 is 0 Å². The molecule has 1 aliphatic rings. The van der Waals surface area contributed by atoms with Gasteiger partial charge < -0.3 is 9.47 Å². The van der Waals surface area contributed by atoms with Crippen molar-refractivity contribution < 1.29 is 4.79 Å². The van der Waals surface area contributed by atoms with Crippen LogP contribution in [0.2, 0.25) is 0 Å². The molecule has 21 heavy (non-hydrogen) atoms. The maximum Gasteiger partial charge on any atom is 0.224 e. The Morgan fingerprint density at radius 2 is 2.38 bits per heavy atom. The Kier molecular flexibility index (Phi) is 4.34. The van der Waals surface area contributed by atoms with Crippen LogP contribution in [-0.2, 0) is 11.3 Å². The van der Waals surface area contributed by atoms with Crippen LogP contribution in [0, 0.1) is 6.92 Å². The van der Waals surface area contributed by atoms with E-state index in [0.717, 1.165) is 30.1 Å².